The smallest absolute Gasteiger partial charge is 0.243 e. The number of fused-ring (bicyclic) bond motifs is 1. The van der Waals surface area contributed by atoms with Crippen LogP contribution in [0.15, 0.2) is 30.9 Å². The van der Waals surface area contributed by atoms with Crippen molar-refractivity contribution in [3.63, 3.8) is 0 Å². The SMILES string of the molecule is C=CC(=O)NCCC(=O)NC1CCc2cc(Cl)ccc21. The molecule has 2 N–H and O–H groups in total. The molecule has 1 aliphatic carbocycles. The second kappa shape index (κ2) is 6.57. The monoisotopic (exact) mass is 292 g/mol. The maximum absolute atomic E-state index is 11.8. The minimum Gasteiger partial charge on any atom is -0.352 e. The Balaban J connectivity index is 1.85. The summed E-state index contributed by atoms with van der Waals surface area (Å²) in [6.07, 6.45) is 3.27. The molecule has 0 fully saturated rings. The number of hydrogen-bond donors (Lipinski definition) is 2. The van der Waals surface area contributed by atoms with Crippen molar-refractivity contribution in [2.24, 2.45) is 0 Å². The Morgan fingerprint density at radius 3 is 3.00 bits per heavy atom. The Kier molecular flexibility index (Phi) is 4.79. The molecule has 0 bridgehead atoms. The highest BCUT2D eigenvalue weighted by atomic mass is 35.5. The van der Waals surface area contributed by atoms with Gasteiger partial charge in [-0.3, -0.25) is 9.59 Å². The molecule has 0 heterocycles. The van der Waals surface area contributed by atoms with E-state index in [9.17, 15) is 9.59 Å². The quantitative estimate of drug-likeness (QED) is 0.817. The lowest BCUT2D eigenvalue weighted by molar-refractivity contribution is -0.122. The Bertz CT molecular complexity index is 543. The van der Waals surface area contributed by atoms with Gasteiger partial charge in [-0.1, -0.05) is 24.2 Å². The Morgan fingerprint density at radius 2 is 2.25 bits per heavy atom. The number of benzene rings is 1. The maximum Gasteiger partial charge on any atom is 0.243 e. The van der Waals surface area contributed by atoms with Crippen LogP contribution in [0.4, 0.5) is 0 Å². The minimum atomic E-state index is -0.265. The maximum atomic E-state index is 11.8. The van der Waals surface area contributed by atoms with Gasteiger partial charge in [0.1, 0.15) is 0 Å². The highest BCUT2D eigenvalue weighted by molar-refractivity contribution is 6.30. The van der Waals surface area contributed by atoms with Gasteiger partial charge in [0, 0.05) is 18.0 Å². The lowest BCUT2D eigenvalue weighted by Crippen LogP contribution is -2.31. The van der Waals surface area contributed by atoms with Gasteiger partial charge in [-0.2, -0.15) is 0 Å². The van der Waals surface area contributed by atoms with Crippen molar-refractivity contribution >= 4 is 23.4 Å². The first-order chi connectivity index (χ1) is 9.60. The van der Waals surface area contributed by atoms with Crippen LogP contribution in [0.1, 0.15) is 30.0 Å². The van der Waals surface area contributed by atoms with Crippen molar-refractivity contribution < 1.29 is 9.59 Å². The summed E-state index contributed by atoms with van der Waals surface area (Å²) in [6.45, 7) is 3.67. The van der Waals surface area contributed by atoms with Gasteiger partial charge < -0.3 is 10.6 Å². The average Bonchev–Trinajstić information content (AvgIpc) is 2.80. The van der Waals surface area contributed by atoms with E-state index in [-0.39, 0.29) is 24.3 Å². The summed E-state index contributed by atoms with van der Waals surface area (Å²) in [5.74, 6) is -0.333. The molecule has 0 saturated carbocycles. The molecule has 2 rings (SSSR count). The number of aryl methyl sites for hydroxylation is 1. The van der Waals surface area contributed by atoms with Crippen LogP contribution < -0.4 is 10.6 Å². The lowest BCUT2D eigenvalue weighted by atomic mass is 10.1. The zero-order chi connectivity index (χ0) is 14.5. The third kappa shape index (κ3) is 3.61. The number of carbonyl (C=O) groups is 2. The molecule has 0 aliphatic heterocycles. The normalized spacial score (nSPS) is 16.4. The van der Waals surface area contributed by atoms with Gasteiger partial charge in [-0.25, -0.2) is 0 Å². The zero-order valence-corrected chi connectivity index (χ0v) is 11.9. The van der Waals surface area contributed by atoms with Crippen molar-refractivity contribution in [1.29, 1.82) is 0 Å². The molecule has 4 nitrogen and oxygen atoms in total. The van der Waals surface area contributed by atoms with Crippen molar-refractivity contribution in [3.8, 4) is 0 Å². The Hall–Kier alpha value is -1.81. The number of rotatable bonds is 5. The predicted molar refractivity (Wildman–Crippen MR) is 78.5 cm³/mol. The van der Waals surface area contributed by atoms with Crippen LogP contribution in [0.5, 0.6) is 0 Å². The lowest BCUT2D eigenvalue weighted by Gasteiger charge is -2.14. The second-order valence-corrected chi connectivity index (χ2v) is 5.18. The van der Waals surface area contributed by atoms with E-state index in [1.165, 1.54) is 11.6 Å². The summed E-state index contributed by atoms with van der Waals surface area (Å²) in [5.41, 5.74) is 2.33. The van der Waals surface area contributed by atoms with Crippen LogP contribution in [0.2, 0.25) is 5.02 Å². The highest BCUT2D eigenvalue weighted by Gasteiger charge is 2.23. The molecule has 0 aromatic heterocycles. The zero-order valence-electron chi connectivity index (χ0n) is 11.1. The third-order valence-corrected chi connectivity index (χ3v) is 3.59. The Morgan fingerprint density at radius 1 is 1.45 bits per heavy atom. The minimum absolute atomic E-state index is 0.0462. The number of hydrogen-bond acceptors (Lipinski definition) is 2. The summed E-state index contributed by atoms with van der Waals surface area (Å²) in [5, 5.41) is 6.29. The first-order valence-electron chi connectivity index (χ1n) is 6.58. The molecule has 0 saturated heterocycles. The van der Waals surface area contributed by atoms with E-state index in [2.05, 4.69) is 17.2 Å². The fourth-order valence-electron chi connectivity index (χ4n) is 2.37. The third-order valence-electron chi connectivity index (χ3n) is 3.35. The van der Waals surface area contributed by atoms with E-state index < -0.39 is 0 Å². The first-order valence-corrected chi connectivity index (χ1v) is 6.96. The summed E-state index contributed by atoms with van der Waals surface area (Å²) in [4.78, 5) is 22.8. The molecule has 1 atom stereocenters. The number of carbonyl (C=O) groups excluding carboxylic acids is 2. The van der Waals surface area contributed by atoms with Gasteiger partial charge in [-0.05, 0) is 42.2 Å². The predicted octanol–water partition coefficient (Wildman–Crippen LogP) is 2.14. The molecule has 2 amide bonds. The van der Waals surface area contributed by atoms with Crippen LogP contribution in [-0.4, -0.2) is 18.4 Å². The van der Waals surface area contributed by atoms with Gasteiger partial charge in [-0.15, -0.1) is 0 Å². The summed E-state index contributed by atoms with van der Waals surface area (Å²) in [7, 11) is 0. The van der Waals surface area contributed by atoms with E-state index >= 15 is 0 Å². The topological polar surface area (TPSA) is 58.2 Å². The summed E-state index contributed by atoms with van der Waals surface area (Å²) < 4.78 is 0. The highest BCUT2D eigenvalue weighted by Crippen LogP contribution is 2.32. The van der Waals surface area contributed by atoms with Crippen molar-refractivity contribution in [3.05, 3.63) is 47.0 Å². The molecular formula is C15H17ClN2O2. The molecule has 106 valence electrons. The number of nitrogens with one attached hydrogen (secondary N) is 2. The number of amides is 2. The molecule has 1 aromatic carbocycles. The van der Waals surface area contributed by atoms with E-state index in [1.807, 2.05) is 18.2 Å². The largest absolute Gasteiger partial charge is 0.352 e. The molecular weight excluding hydrogens is 276 g/mol. The summed E-state index contributed by atoms with van der Waals surface area (Å²) in [6, 6.07) is 5.81. The molecule has 0 radical (unpaired) electrons. The van der Waals surface area contributed by atoms with Crippen LogP contribution >= 0.6 is 11.6 Å². The molecule has 20 heavy (non-hydrogen) atoms. The van der Waals surface area contributed by atoms with E-state index in [1.54, 1.807) is 0 Å². The van der Waals surface area contributed by atoms with Gasteiger partial charge in [0.05, 0.1) is 6.04 Å². The van der Waals surface area contributed by atoms with Crippen molar-refractivity contribution in [2.75, 3.05) is 6.54 Å². The van der Waals surface area contributed by atoms with Crippen LogP contribution in [0, 0.1) is 0 Å². The van der Waals surface area contributed by atoms with Gasteiger partial charge >= 0.3 is 0 Å². The van der Waals surface area contributed by atoms with Gasteiger partial charge in [0.2, 0.25) is 11.8 Å². The fourth-order valence-corrected chi connectivity index (χ4v) is 2.57. The van der Waals surface area contributed by atoms with E-state index in [4.69, 9.17) is 11.6 Å². The van der Waals surface area contributed by atoms with E-state index in [0.717, 1.165) is 23.4 Å². The standard InChI is InChI=1S/C15H17ClN2O2/c1-2-14(19)17-8-7-15(20)18-13-6-3-10-9-11(16)4-5-12(10)13/h2,4-5,9,13H,1,3,6-8H2,(H,17,19)(H,18,20). The summed E-state index contributed by atoms with van der Waals surface area (Å²) >= 11 is 5.95. The molecule has 5 heteroatoms. The molecule has 1 aliphatic rings. The van der Waals surface area contributed by atoms with Crippen LogP contribution in [-0.2, 0) is 16.0 Å². The fraction of sp³-hybridized carbons (Fsp3) is 0.333. The second-order valence-electron chi connectivity index (χ2n) is 4.75. The average molecular weight is 293 g/mol. The van der Waals surface area contributed by atoms with Crippen LogP contribution in [0.3, 0.4) is 0 Å². The van der Waals surface area contributed by atoms with E-state index in [0.29, 0.717) is 6.54 Å². The van der Waals surface area contributed by atoms with Crippen LogP contribution in [0.25, 0.3) is 0 Å². The van der Waals surface area contributed by atoms with Gasteiger partial charge in [0.15, 0.2) is 0 Å². The first kappa shape index (κ1) is 14.6. The molecule has 1 aromatic rings. The van der Waals surface area contributed by atoms with Crippen molar-refractivity contribution in [2.45, 2.75) is 25.3 Å². The molecule has 1 unspecified atom stereocenters. The Labute approximate surface area is 123 Å². The number of halogens is 1. The molecule has 0 spiro atoms. The van der Waals surface area contributed by atoms with Crippen molar-refractivity contribution in [1.82, 2.24) is 10.6 Å². The van der Waals surface area contributed by atoms with Gasteiger partial charge in [0.25, 0.3) is 0 Å².